The normalized spacial score (nSPS) is 20.8. The van der Waals surface area contributed by atoms with Crippen molar-refractivity contribution in [1.82, 2.24) is 9.97 Å². The third-order valence-corrected chi connectivity index (χ3v) is 2.68. The van der Waals surface area contributed by atoms with E-state index >= 15 is 0 Å². The van der Waals surface area contributed by atoms with Crippen LogP contribution in [-0.2, 0) is 9.53 Å². The first-order valence-corrected chi connectivity index (χ1v) is 5.59. The van der Waals surface area contributed by atoms with Crippen LogP contribution >= 0.6 is 15.9 Å². The number of hydrogen-bond donors (Lipinski definition) is 1. The average Bonchev–Trinajstić information content (AvgIpc) is 2.30. The number of nitrogens with two attached hydrogens (primary N) is 1. The Bertz CT molecular complexity index is 384. The SMILES string of the molecule is NC(=O)[C@H]1CN(c2ncc(Br)cn2)CCO1. The second kappa shape index (κ2) is 4.75. The van der Waals surface area contributed by atoms with Crippen molar-refractivity contribution < 1.29 is 9.53 Å². The topological polar surface area (TPSA) is 81.3 Å². The molecule has 1 aliphatic heterocycles. The number of rotatable bonds is 2. The van der Waals surface area contributed by atoms with Gasteiger partial charge in [0.05, 0.1) is 17.6 Å². The minimum Gasteiger partial charge on any atom is -0.367 e. The van der Waals surface area contributed by atoms with E-state index in [0.29, 0.717) is 25.6 Å². The molecule has 1 aliphatic rings. The number of aromatic nitrogens is 2. The van der Waals surface area contributed by atoms with Gasteiger partial charge in [-0.25, -0.2) is 9.97 Å². The summed E-state index contributed by atoms with van der Waals surface area (Å²) in [6.45, 7) is 1.51. The Labute approximate surface area is 101 Å². The van der Waals surface area contributed by atoms with Gasteiger partial charge in [0.15, 0.2) is 6.10 Å². The Hall–Kier alpha value is -1.21. The van der Waals surface area contributed by atoms with E-state index in [1.54, 1.807) is 12.4 Å². The summed E-state index contributed by atoms with van der Waals surface area (Å²) < 4.78 is 6.05. The molecule has 0 spiro atoms. The third kappa shape index (κ3) is 2.48. The fourth-order valence-corrected chi connectivity index (χ4v) is 1.68. The van der Waals surface area contributed by atoms with Crippen molar-refractivity contribution in [3.05, 3.63) is 16.9 Å². The summed E-state index contributed by atoms with van der Waals surface area (Å²) in [5, 5.41) is 0. The molecule has 16 heavy (non-hydrogen) atoms. The van der Waals surface area contributed by atoms with Crippen LogP contribution in [0, 0.1) is 0 Å². The van der Waals surface area contributed by atoms with Gasteiger partial charge in [0.1, 0.15) is 0 Å². The van der Waals surface area contributed by atoms with Crippen molar-refractivity contribution in [2.75, 3.05) is 24.6 Å². The molecule has 1 aromatic rings. The molecule has 6 nitrogen and oxygen atoms in total. The summed E-state index contributed by atoms with van der Waals surface area (Å²) in [6.07, 6.45) is 2.75. The second-order valence-corrected chi connectivity index (χ2v) is 4.32. The Kier molecular flexibility index (Phi) is 3.35. The molecule has 2 N–H and O–H groups in total. The van der Waals surface area contributed by atoms with Crippen molar-refractivity contribution in [3.8, 4) is 0 Å². The lowest BCUT2D eigenvalue weighted by molar-refractivity contribution is -0.130. The molecule has 0 bridgehead atoms. The molecule has 86 valence electrons. The van der Waals surface area contributed by atoms with Gasteiger partial charge < -0.3 is 15.4 Å². The van der Waals surface area contributed by atoms with Crippen LogP contribution in [-0.4, -0.2) is 41.7 Å². The summed E-state index contributed by atoms with van der Waals surface area (Å²) in [5.74, 6) is 0.125. The maximum absolute atomic E-state index is 11.0. The molecule has 1 saturated heterocycles. The van der Waals surface area contributed by atoms with Crippen molar-refractivity contribution in [3.63, 3.8) is 0 Å². The van der Waals surface area contributed by atoms with Crippen molar-refractivity contribution >= 4 is 27.8 Å². The highest BCUT2D eigenvalue weighted by molar-refractivity contribution is 9.10. The predicted molar refractivity (Wildman–Crippen MR) is 60.9 cm³/mol. The molecule has 0 aromatic carbocycles. The number of ether oxygens (including phenoxy) is 1. The maximum atomic E-state index is 11.0. The van der Waals surface area contributed by atoms with E-state index in [1.807, 2.05) is 4.90 Å². The van der Waals surface area contributed by atoms with Gasteiger partial charge in [-0.1, -0.05) is 0 Å². The number of carbonyl (C=O) groups is 1. The number of hydrogen-bond acceptors (Lipinski definition) is 5. The predicted octanol–water partition coefficient (Wildman–Crippen LogP) is -0.0704. The Morgan fingerprint density at radius 2 is 2.25 bits per heavy atom. The largest absolute Gasteiger partial charge is 0.367 e. The van der Waals surface area contributed by atoms with Gasteiger partial charge in [0, 0.05) is 18.9 Å². The zero-order valence-electron chi connectivity index (χ0n) is 8.47. The number of carbonyl (C=O) groups excluding carboxylic acids is 1. The van der Waals surface area contributed by atoms with Gasteiger partial charge in [-0.2, -0.15) is 0 Å². The number of halogens is 1. The van der Waals surface area contributed by atoms with Crippen LogP contribution in [0.4, 0.5) is 5.95 Å². The number of primary amides is 1. The van der Waals surface area contributed by atoms with E-state index in [-0.39, 0.29) is 0 Å². The highest BCUT2D eigenvalue weighted by Crippen LogP contribution is 2.14. The second-order valence-electron chi connectivity index (χ2n) is 3.41. The lowest BCUT2D eigenvalue weighted by atomic mass is 10.2. The van der Waals surface area contributed by atoms with Crippen LogP contribution < -0.4 is 10.6 Å². The van der Waals surface area contributed by atoms with E-state index in [0.717, 1.165) is 4.47 Å². The van der Waals surface area contributed by atoms with Crippen LogP contribution in [0.3, 0.4) is 0 Å². The monoisotopic (exact) mass is 286 g/mol. The molecule has 7 heteroatoms. The first-order valence-electron chi connectivity index (χ1n) is 4.80. The van der Waals surface area contributed by atoms with Crippen LogP contribution in [0.15, 0.2) is 16.9 Å². The number of morpholine rings is 1. The minimum absolute atomic E-state index is 0.400. The van der Waals surface area contributed by atoms with Gasteiger partial charge >= 0.3 is 0 Å². The van der Waals surface area contributed by atoms with Crippen LogP contribution in [0.25, 0.3) is 0 Å². The fourth-order valence-electron chi connectivity index (χ4n) is 1.47. The van der Waals surface area contributed by atoms with Gasteiger partial charge in [-0.05, 0) is 15.9 Å². The molecular formula is C9H11BrN4O2. The molecule has 1 aromatic heterocycles. The number of nitrogens with zero attached hydrogens (tertiary/aromatic N) is 3. The highest BCUT2D eigenvalue weighted by Gasteiger charge is 2.25. The summed E-state index contributed by atoms with van der Waals surface area (Å²) in [6, 6.07) is 0. The first-order chi connectivity index (χ1) is 7.66. The molecule has 0 saturated carbocycles. The standard InChI is InChI=1S/C9H11BrN4O2/c10-6-3-12-9(13-4-6)14-1-2-16-7(5-14)8(11)15/h3-4,7H,1-2,5H2,(H2,11,15)/t7-/m1/s1. The summed E-state index contributed by atoms with van der Waals surface area (Å²) >= 11 is 3.26. The lowest BCUT2D eigenvalue weighted by Gasteiger charge is -2.31. The van der Waals surface area contributed by atoms with Gasteiger partial charge in [0.2, 0.25) is 11.9 Å². The molecule has 0 radical (unpaired) electrons. The number of amides is 1. The van der Waals surface area contributed by atoms with Crippen LogP contribution in [0.2, 0.25) is 0 Å². The van der Waals surface area contributed by atoms with E-state index in [1.165, 1.54) is 0 Å². The average molecular weight is 287 g/mol. The zero-order chi connectivity index (χ0) is 11.5. The molecular weight excluding hydrogens is 276 g/mol. The van der Waals surface area contributed by atoms with Gasteiger partial charge in [-0.15, -0.1) is 0 Å². The van der Waals surface area contributed by atoms with E-state index < -0.39 is 12.0 Å². The Morgan fingerprint density at radius 1 is 1.56 bits per heavy atom. The summed E-state index contributed by atoms with van der Waals surface area (Å²) in [4.78, 5) is 21.2. The van der Waals surface area contributed by atoms with E-state index in [4.69, 9.17) is 10.5 Å². The zero-order valence-corrected chi connectivity index (χ0v) is 10.1. The van der Waals surface area contributed by atoms with Crippen LogP contribution in [0.5, 0.6) is 0 Å². The smallest absolute Gasteiger partial charge is 0.248 e. The lowest BCUT2D eigenvalue weighted by Crippen LogP contribution is -2.49. The molecule has 0 aliphatic carbocycles. The quantitative estimate of drug-likeness (QED) is 0.823. The summed E-state index contributed by atoms with van der Waals surface area (Å²) in [7, 11) is 0. The van der Waals surface area contributed by atoms with Gasteiger partial charge in [0.25, 0.3) is 0 Å². The summed E-state index contributed by atoms with van der Waals surface area (Å²) in [5.41, 5.74) is 5.19. The molecule has 1 fully saturated rings. The Balaban J connectivity index is 2.09. The third-order valence-electron chi connectivity index (χ3n) is 2.27. The van der Waals surface area contributed by atoms with Crippen molar-refractivity contribution in [1.29, 1.82) is 0 Å². The van der Waals surface area contributed by atoms with Gasteiger partial charge in [-0.3, -0.25) is 4.79 Å². The van der Waals surface area contributed by atoms with E-state index in [2.05, 4.69) is 25.9 Å². The van der Waals surface area contributed by atoms with E-state index in [9.17, 15) is 4.79 Å². The van der Waals surface area contributed by atoms with Crippen molar-refractivity contribution in [2.45, 2.75) is 6.10 Å². The fraction of sp³-hybridized carbons (Fsp3) is 0.444. The molecule has 1 atom stereocenters. The highest BCUT2D eigenvalue weighted by atomic mass is 79.9. The molecule has 0 unspecified atom stereocenters. The minimum atomic E-state index is -0.582. The maximum Gasteiger partial charge on any atom is 0.248 e. The molecule has 1 amide bonds. The number of anilines is 1. The van der Waals surface area contributed by atoms with Crippen LogP contribution in [0.1, 0.15) is 0 Å². The molecule has 2 heterocycles. The Morgan fingerprint density at radius 3 is 2.88 bits per heavy atom. The first kappa shape index (κ1) is 11.3. The van der Waals surface area contributed by atoms with Crippen molar-refractivity contribution in [2.24, 2.45) is 5.73 Å². The molecule has 2 rings (SSSR count).